The molecule has 3 amide bonds. The molecule has 0 radical (unpaired) electrons. The van der Waals surface area contributed by atoms with E-state index in [9.17, 15) is 9.59 Å². The summed E-state index contributed by atoms with van der Waals surface area (Å²) in [5.74, 6) is -0.166. The molecule has 1 aromatic rings. The first kappa shape index (κ1) is 18.0. The highest BCUT2D eigenvalue weighted by Crippen LogP contribution is 2.06. The molecule has 0 heterocycles. The average molecular weight is 306 g/mol. The zero-order valence-electron chi connectivity index (χ0n) is 13.7. The van der Waals surface area contributed by atoms with E-state index in [1.165, 1.54) is 0 Å². The maximum absolute atomic E-state index is 12.2. The van der Waals surface area contributed by atoms with Crippen molar-refractivity contribution in [2.75, 3.05) is 32.5 Å². The number of nitrogens with one attached hydrogen (secondary N) is 3. The third-order valence-electron chi connectivity index (χ3n) is 3.13. The largest absolute Gasteiger partial charge is 0.353 e. The Kier molecular flexibility index (Phi) is 7.39. The fraction of sp³-hybridized carbons (Fsp3) is 0.500. The molecule has 1 aromatic carbocycles. The van der Waals surface area contributed by atoms with E-state index >= 15 is 0 Å². The van der Waals surface area contributed by atoms with Gasteiger partial charge in [-0.15, -0.1) is 0 Å². The second-order valence-corrected chi connectivity index (χ2v) is 5.78. The predicted octanol–water partition coefficient (Wildman–Crippen LogP) is 1.51. The van der Waals surface area contributed by atoms with Gasteiger partial charge in [0, 0.05) is 18.8 Å². The van der Waals surface area contributed by atoms with E-state index in [4.69, 9.17) is 0 Å². The summed E-state index contributed by atoms with van der Waals surface area (Å²) in [5.41, 5.74) is 0.690. The Bertz CT molecular complexity index is 474. The van der Waals surface area contributed by atoms with Crippen molar-refractivity contribution in [3.8, 4) is 0 Å². The zero-order chi connectivity index (χ0) is 16.5. The third kappa shape index (κ3) is 6.58. The summed E-state index contributed by atoms with van der Waals surface area (Å²) in [5, 5.41) is 8.29. The highest BCUT2D eigenvalue weighted by atomic mass is 16.2. The highest BCUT2D eigenvalue weighted by Gasteiger charge is 2.23. The van der Waals surface area contributed by atoms with Crippen LogP contribution in [0.1, 0.15) is 13.8 Å². The summed E-state index contributed by atoms with van der Waals surface area (Å²) in [6.45, 7) is 5.11. The van der Waals surface area contributed by atoms with Crippen LogP contribution in [-0.2, 0) is 4.79 Å². The van der Waals surface area contributed by atoms with Crippen LogP contribution < -0.4 is 16.0 Å². The molecule has 0 fully saturated rings. The van der Waals surface area contributed by atoms with Gasteiger partial charge in [0.25, 0.3) is 0 Å². The summed E-state index contributed by atoms with van der Waals surface area (Å²) < 4.78 is 0. The first-order chi connectivity index (χ1) is 10.4. The molecule has 3 N–H and O–H groups in total. The van der Waals surface area contributed by atoms with Gasteiger partial charge in [-0.3, -0.25) is 4.79 Å². The van der Waals surface area contributed by atoms with Gasteiger partial charge in [-0.1, -0.05) is 32.0 Å². The molecule has 0 bridgehead atoms. The van der Waals surface area contributed by atoms with Crippen molar-refractivity contribution in [2.45, 2.75) is 19.9 Å². The van der Waals surface area contributed by atoms with Crippen LogP contribution in [0.15, 0.2) is 30.3 Å². The molecule has 0 aliphatic carbocycles. The number of hydrogen-bond donors (Lipinski definition) is 3. The summed E-state index contributed by atoms with van der Waals surface area (Å²) in [4.78, 5) is 26.2. The number of benzene rings is 1. The molecule has 0 aliphatic heterocycles. The van der Waals surface area contributed by atoms with Crippen molar-refractivity contribution in [1.82, 2.24) is 15.5 Å². The van der Waals surface area contributed by atoms with Gasteiger partial charge in [-0.2, -0.15) is 0 Å². The molecule has 6 nitrogen and oxygen atoms in total. The van der Waals surface area contributed by atoms with E-state index in [0.717, 1.165) is 6.54 Å². The molecule has 0 aliphatic rings. The van der Waals surface area contributed by atoms with Crippen LogP contribution in [0.3, 0.4) is 0 Å². The number of para-hydroxylation sites is 1. The molecule has 0 unspecified atom stereocenters. The summed E-state index contributed by atoms with van der Waals surface area (Å²) in [6.07, 6.45) is 0. The van der Waals surface area contributed by atoms with Crippen molar-refractivity contribution in [3.05, 3.63) is 30.3 Å². The van der Waals surface area contributed by atoms with E-state index in [-0.39, 0.29) is 17.9 Å². The maximum atomic E-state index is 12.2. The minimum atomic E-state index is -0.564. The van der Waals surface area contributed by atoms with E-state index in [1.54, 1.807) is 12.1 Å². The van der Waals surface area contributed by atoms with Crippen LogP contribution in [-0.4, -0.2) is 50.1 Å². The number of nitrogens with zero attached hydrogens (tertiary/aromatic N) is 1. The number of amides is 3. The first-order valence-electron chi connectivity index (χ1n) is 7.45. The van der Waals surface area contributed by atoms with Crippen LogP contribution in [0.5, 0.6) is 0 Å². The van der Waals surface area contributed by atoms with Crippen LogP contribution in [0, 0.1) is 5.92 Å². The fourth-order valence-corrected chi connectivity index (χ4v) is 1.88. The Morgan fingerprint density at radius 1 is 1.14 bits per heavy atom. The Balaban J connectivity index is 2.52. The number of rotatable bonds is 7. The summed E-state index contributed by atoms with van der Waals surface area (Å²) >= 11 is 0. The number of likely N-dealkylation sites (N-methyl/N-ethyl adjacent to an activating group) is 1. The second-order valence-electron chi connectivity index (χ2n) is 5.78. The Labute approximate surface area is 132 Å². The van der Waals surface area contributed by atoms with Crippen molar-refractivity contribution in [3.63, 3.8) is 0 Å². The summed E-state index contributed by atoms with van der Waals surface area (Å²) in [7, 11) is 3.88. The van der Waals surface area contributed by atoms with Crippen LogP contribution in [0.4, 0.5) is 10.5 Å². The lowest BCUT2D eigenvalue weighted by atomic mass is 10.0. The van der Waals surface area contributed by atoms with Crippen molar-refractivity contribution in [1.29, 1.82) is 0 Å². The van der Waals surface area contributed by atoms with Gasteiger partial charge in [0.2, 0.25) is 5.91 Å². The molecule has 122 valence electrons. The van der Waals surface area contributed by atoms with E-state index in [0.29, 0.717) is 12.2 Å². The third-order valence-corrected chi connectivity index (χ3v) is 3.13. The highest BCUT2D eigenvalue weighted by molar-refractivity contribution is 5.93. The first-order valence-corrected chi connectivity index (χ1v) is 7.45. The minimum absolute atomic E-state index is 0.000814. The lowest BCUT2D eigenvalue weighted by molar-refractivity contribution is -0.123. The predicted molar refractivity (Wildman–Crippen MR) is 88.8 cm³/mol. The van der Waals surface area contributed by atoms with Gasteiger partial charge in [0.1, 0.15) is 6.04 Å². The number of urea groups is 1. The lowest BCUT2D eigenvalue weighted by Crippen LogP contribution is -2.51. The molecule has 0 saturated carbocycles. The second kappa shape index (κ2) is 9.04. The van der Waals surface area contributed by atoms with Crippen molar-refractivity contribution in [2.24, 2.45) is 5.92 Å². The lowest BCUT2D eigenvalue weighted by Gasteiger charge is -2.22. The monoisotopic (exact) mass is 306 g/mol. The Morgan fingerprint density at radius 2 is 1.77 bits per heavy atom. The molecular formula is C16H26N4O2. The zero-order valence-corrected chi connectivity index (χ0v) is 13.7. The molecular weight excluding hydrogens is 280 g/mol. The molecule has 1 atom stereocenters. The number of hydrogen-bond acceptors (Lipinski definition) is 3. The molecule has 0 aromatic heterocycles. The van der Waals surface area contributed by atoms with Gasteiger partial charge < -0.3 is 20.9 Å². The number of carbonyl (C=O) groups is 2. The van der Waals surface area contributed by atoms with Gasteiger partial charge in [0.15, 0.2) is 0 Å². The van der Waals surface area contributed by atoms with Gasteiger partial charge in [-0.05, 0) is 32.1 Å². The van der Waals surface area contributed by atoms with Crippen LogP contribution in [0.2, 0.25) is 0 Å². The van der Waals surface area contributed by atoms with Crippen molar-refractivity contribution < 1.29 is 9.59 Å². The quantitative estimate of drug-likeness (QED) is 0.715. The molecule has 0 saturated heterocycles. The molecule has 6 heteroatoms. The van der Waals surface area contributed by atoms with E-state index in [1.807, 2.05) is 51.0 Å². The Hall–Kier alpha value is -2.08. The van der Waals surface area contributed by atoms with E-state index in [2.05, 4.69) is 16.0 Å². The standard InChI is InChI=1S/C16H26N4O2/c1-12(2)14(15(21)17-10-11-20(3)4)19-16(22)18-13-8-6-5-7-9-13/h5-9,12,14H,10-11H2,1-4H3,(H,17,21)(H2,18,19,22)/t14-/m1/s1. The smallest absolute Gasteiger partial charge is 0.319 e. The van der Waals surface area contributed by atoms with Gasteiger partial charge in [0.05, 0.1) is 0 Å². The normalized spacial score (nSPS) is 12.1. The van der Waals surface area contributed by atoms with Crippen molar-refractivity contribution >= 4 is 17.6 Å². The number of carbonyl (C=O) groups excluding carboxylic acids is 2. The van der Waals surface area contributed by atoms with E-state index < -0.39 is 6.04 Å². The molecule has 1 rings (SSSR count). The Morgan fingerprint density at radius 3 is 2.32 bits per heavy atom. The SMILES string of the molecule is CC(C)[C@@H](NC(=O)Nc1ccccc1)C(=O)NCCN(C)C. The molecule has 22 heavy (non-hydrogen) atoms. The topological polar surface area (TPSA) is 73.5 Å². The molecule has 0 spiro atoms. The van der Waals surface area contributed by atoms with Gasteiger partial charge >= 0.3 is 6.03 Å². The average Bonchev–Trinajstić information content (AvgIpc) is 2.45. The minimum Gasteiger partial charge on any atom is -0.353 e. The fourth-order valence-electron chi connectivity index (χ4n) is 1.88. The summed E-state index contributed by atoms with van der Waals surface area (Å²) in [6, 6.07) is 8.19. The maximum Gasteiger partial charge on any atom is 0.319 e. The van der Waals surface area contributed by atoms with Crippen LogP contribution >= 0.6 is 0 Å². The van der Waals surface area contributed by atoms with Crippen LogP contribution in [0.25, 0.3) is 0 Å². The van der Waals surface area contributed by atoms with Gasteiger partial charge in [-0.25, -0.2) is 4.79 Å². The number of anilines is 1.